The second-order valence-corrected chi connectivity index (χ2v) is 7.40. The van der Waals surface area contributed by atoms with Gasteiger partial charge in [-0.25, -0.2) is 0 Å². The maximum Gasteiger partial charge on any atom is 0.249 e. The summed E-state index contributed by atoms with van der Waals surface area (Å²) in [5, 5.41) is 19.6. The maximum atomic E-state index is 12.8. The molecule has 7 heteroatoms. The van der Waals surface area contributed by atoms with Crippen LogP contribution in [-0.2, 0) is 11.2 Å². The number of piperidine rings is 1. The average Bonchev–Trinajstić information content (AvgIpc) is 3.29. The Morgan fingerprint density at radius 1 is 1.41 bits per heavy atom. The van der Waals surface area contributed by atoms with Crippen molar-refractivity contribution in [3.05, 3.63) is 41.1 Å². The van der Waals surface area contributed by atoms with Gasteiger partial charge >= 0.3 is 0 Å². The van der Waals surface area contributed by atoms with Crippen molar-refractivity contribution in [1.82, 2.24) is 9.88 Å². The number of benzene rings is 1. The third kappa shape index (κ3) is 3.02. The lowest BCUT2D eigenvalue weighted by Gasteiger charge is -2.22. The first-order valence-electron chi connectivity index (χ1n) is 9.01. The number of nitrogens with zero attached hydrogens (tertiary/aromatic N) is 3. The standard InChI is InChI=1S/C20H20N4O3/c1-10(25)11-2-3-17-15(5-11)16(20(22)27)7-13(23-17)8-19(26)24-14(9-21)4-12-6-18(12)24/h2-3,5,7,10,12,14,18,25H,4,6,8H2,1H3,(H2,22,27)/t10?,12-,14+,18+/m1/s1. The summed E-state index contributed by atoms with van der Waals surface area (Å²) >= 11 is 0. The summed E-state index contributed by atoms with van der Waals surface area (Å²) in [7, 11) is 0. The first kappa shape index (κ1) is 17.4. The van der Waals surface area contributed by atoms with Gasteiger partial charge in [0.25, 0.3) is 0 Å². The molecule has 0 radical (unpaired) electrons. The number of nitriles is 1. The zero-order chi connectivity index (χ0) is 19.3. The summed E-state index contributed by atoms with van der Waals surface area (Å²) in [6, 6.07) is 8.68. The number of hydrogen-bond acceptors (Lipinski definition) is 5. The van der Waals surface area contributed by atoms with Crippen LogP contribution >= 0.6 is 0 Å². The number of nitrogens with two attached hydrogens (primary N) is 1. The van der Waals surface area contributed by atoms with Gasteiger partial charge in [-0.15, -0.1) is 0 Å². The summed E-state index contributed by atoms with van der Waals surface area (Å²) in [6.45, 7) is 1.64. The molecule has 1 aromatic carbocycles. The molecule has 1 aromatic heterocycles. The zero-order valence-electron chi connectivity index (χ0n) is 14.9. The fourth-order valence-corrected chi connectivity index (χ4v) is 4.03. The molecule has 2 amide bonds. The fraction of sp³-hybridized carbons (Fsp3) is 0.400. The van der Waals surface area contributed by atoms with E-state index in [2.05, 4.69) is 11.1 Å². The van der Waals surface area contributed by atoms with Gasteiger partial charge in [0.15, 0.2) is 0 Å². The average molecular weight is 364 g/mol. The van der Waals surface area contributed by atoms with Crippen molar-refractivity contribution < 1.29 is 14.7 Å². The van der Waals surface area contributed by atoms with Crippen molar-refractivity contribution >= 4 is 22.7 Å². The Labute approximate surface area is 156 Å². The van der Waals surface area contributed by atoms with Crippen LogP contribution in [0.15, 0.2) is 24.3 Å². The first-order valence-corrected chi connectivity index (χ1v) is 9.01. The Bertz CT molecular complexity index is 995. The lowest BCUT2D eigenvalue weighted by atomic mass is 10.0. The van der Waals surface area contributed by atoms with Crippen molar-refractivity contribution in [3.63, 3.8) is 0 Å². The summed E-state index contributed by atoms with van der Waals surface area (Å²) in [6.07, 6.45) is 1.05. The molecule has 27 heavy (non-hydrogen) atoms. The number of amides is 2. The number of aromatic nitrogens is 1. The molecule has 7 nitrogen and oxygen atoms in total. The third-order valence-electron chi connectivity index (χ3n) is 5.51. The van der Waals surface area contributed by atoms with Crippen molar-refractivity contribution in [2.24, 2.45) is 11.7 Å². The first-order chi connectivity index (χ1) is 12.9. The highest BCUT2D eigenvalue weighted by Gasteiger charge is 2.53. The Morgan fingerprint density at radius 2 is 2.19 bits per heavy atom. The molecule has 4 rings (SSSR count). The monoisotopic (exact) mass is 364 g/mol. The van der Waals surface area contributed by atoms with Gasteiger partial charge in [0.05, 0.1) is 35.4 Å². The molecule has 1 aliphatic carbocycles. The van der Waals surface area contributed by atoms with E-state index in [1.807, 2.05) is 0 Å². The second-order valence-electron chi connectivity index (χ2n) is 7.40. The lowest BCUT2D eigenvalue weighted by Crippen LogP contribution is -2.38. The molecular weight excluding hydrogens is 344 g/mol. The van der Waals surface area contributed by atoms with Crippen LogP contribution in [0, 0.1) is 17.2 Å². The van der Waals surface area contributed by atoms with Crippen LogP contribution in [0.25, 0.3) is 10.9 Å². The minimum absolute atomic E-state index is 0.0236. The van der Waals surface area contributed by atoms with E-state index < -0.39 is 12.0 Å². The smallest absolute Gasteiger partial charge is 0.249 e. The molecule has 1 unspecified atom stereocenters. The summed E-state index contributed by atoms with van der Waals surface area (Å²) < 4.78 is 0. The molecule has 2 fully saturated rings. The van der Waals surface area contributed by atoms with Crippen molar-refractivity contribution in [2.75, 3.05) is 0 Å². The molecule has 1 aliphatic heterocycles. The predicted octanol–water partition coefficient (Wildman–Crippen LogP) is 1.44. The number of aliphatic hydroxyl groups excluding tert-OH is 1. The van der Waals surface area contributed by atoms with Crippen molar-refractivity contribution in [2.45, 2.75) is 44.4 Å². The number of hydrogen-bond donors (Lipinski definition) is 2. The van der Waals surface area contributed by atoms with Gasteiger partial charge in [-0.3, -0.25) is 14.6 Å². The number of carbonyl (C=O) groups is 2. The number of primary amides is 1. The molecule has 2 aliphatic rings. The summed E-state index contributed by atoms with van der Waals surface area (Å²) in [5.41, 5.74) is 7.45. The summed E-state index contributed by atoms with van der Waals surface area (Å²) in [5.74, 6) is -0.310. The highest BCUT2D eigenvalue weighted by atomic mass is 16.3. The SMILES string of the molecule is CC(O)c1ccc2nc(CC(=O)N3[C@H](C#N)C[C@@H]4C[C@@H]43)cc(C(N)=O)c2c1. The Kier molecular flexibility index (Phi) is 4.08. The molecular formula is C20H20N4O3. The van der Waals surface area contributed by atoms with Gasteiger partial charge in [-0.1, -0.05) is 6.07 Å². The van der Waals surface area contributed by atoms with Crippen LogP contribution in [0.4, 0.5) is 0 Å². The Balaban J connectivity index is 1.68. The van der Waals surface area contributed by atoms with Gasteiger partial charge < -0.3 is 15.7 Å². The van der Waals surface area contributed by atoms with E-state index in [4.69, 9.17) is 5.73 Å². The van der Waals surface area contributed by atoms with Gasteiger partial charge in [0.2, 0.25) is 11.8 Å². The predicted molar refractivity (Wildman–Crippen MR) is 97.4 cm³/mol. The molecule has 1 saturated heterocycles. The van der Waals surface area contributed by atoms with Crippen molar-refractivity contribution in [3.8, 4) is 6.07 Å². The molecule has 0 spiro atoms. The molecule has 4 atom stereocenters. The van der Waals surface area contributed by atoms with Crippen LogP contribution in [-0.4, -0.2) is 38.9 Å². The Hall–Kier alpha value is -2.98. The number of pyridine rings is 1. The van der Waals surface area contributed by atoms with Crippen LogP contribution in [0.2, 0.25) is 0 Å². The van der Waals surface area contributed by atoms with E-state index in [0.717, 1.165) is 12.8 Å². The largest absolute Gasteiger partial charge is 0.389 e. The summed E-state index contributed by atoms with van der Waals surface area (Å²) in [4.78, 5) is 30.9. The molecule has 1 saturated carbocycles. The van der Waals surface area contributed by atoms with Crippen LogP contribution < -0.4 is 5.73 Å². The van der Waals surface area contributed by atoms with Crippen LogP contribution in [0.5, 0.6) is 0 Å². The number of carbonyl (C=O) groups excluding carboxylic acids is 2. The van der Waals surface area contributed by atoms with E-state index in [1.165, 1.54) is 6.07 Å². The van der Waals surface area contributed by atoms with Crippen molar-refractivity contribution in [1.29, 1.82) is 5.26 Å². The topological polar surface area (TPSA) is 120 Å². The minimum Gasteiger partial charge on any atom is -0.389 e. The lowest BCUT2D eigenvalue weighted by molar-refractivity contribution is -0.131. The van der Waals surface area contributed by atoms with Crippen LogP contribution in [0.1, 0.15) is 47.5 Å². The highest BCUT2D eigenvalue weighted by molar-refractivity contribution is 6.05. The van der Waals surface area contributed by atoms with Crippen LogP contribution in [0.3, 0.4) is 0 Å². The number of rotatable bonds is 4. The fourth-order valence-electron chi connectivity index (χ4n) is 4.03. The normalized spacial score (nSPS) is 24.3. The third-order valence-corrected chi connectivity index (χ3v) is 5.51. The van der Waals surface area contributed by atoms with E-state index in [1.54, 1.807) is 30.0 Å². The van der Waals surface area contributed by atoms with E-state index in [-0.39, 0.29) is 30.0 Å². The number of likely N-dealkylation sites (tertiary alicyclic amines) is 1. The molecule has 3 N–H and O–H groups in total. The minimum atomic E-state index is -0.680. The van der Waals surface area contributed by atoms with Gasteiger partial charge in [-0.2, -0.15) is 5.26 Å². The van der Waals surface area contributed by atoms with E-state index >= 15 is 0 Å². The molecule has 138 valence electrons. The molecule has 0 bridgehead atoms. The second kappa shape index (κ2) is 6.32. The molecule has 2 heterocycles. The van der Waals surface area contributed by atoms with Gasteiger partial charge in [0.1, 0.15) is 6.04 Å². The van der Waals surface area contributed by atoms with E-state index in [0.29, 0.717) is 28.1 Å². The zero-order valence-corrected chi connectivity index (χ0v) is 14.9. The quantitative estimate of drug-likeness (QED) is 0.850. The maximum absolute atomic E-state index is 12.8. The number of aliphatic hydroxyl groups is 1. The Morgan fingerprint density at radius 3 is 2.85 bits per heavy atom. The van der Waals surface area contributed by atoms with Gasteiger partial charge in [0, 0.05) is 11.4 Å². The molecule has 2 aromatic rings. The number of fused-ring (bicyclic) bond motifs is 2. The van der Waals surface area contributed by atoms with Gasteiger partial charge in [-0.05, 0) is 49.4 Å². The highest BCUT2D eigenvalue weighted by Crippen LogP contribution is 2.47. The van der Waals surface area contributed by atoms with E-state index in [9.17, 15) is 20.0 Å².